The molecule has 2 heteroatoms. The second kappa shape index (κ2) is 6.19. The lowest BCUT2D eigenvalue weighted by Gasteiger charge is -2.29. The molecule has 3 atom stereocenters. The number of hydrogen-bond donors (Lipinski definition) is 1. The van der Waals surface area contributed by atoms with E-state index in [0.29, 0.717) is 0 Å². The van der Waals surface area contributed by atoms with Crippen LogP contribution < -0.4 is 5.32 Å². The Labute approximate surface area is 107 Å². The minimum absolute atomic E-state index is 0.801. The third-order valence-electron chi connectivity index (χ3n) is 5.00. The van der Waals surface area contributed by atoms with E-state index in [1.54, 1.807) is 0 Å². The van der Waals surface area contributed by atoms with E-state index in [2.05, 4.69) is 31.1 Å². The van der Waals surface area contributed by atoms with E-state index in [9.17, 15) is 0 Å². The summed E-state index contributed by atoms with van der Waals surface area (Å²) in [5.74, 6) is 1.77. The van der Waals surface area contributed by atoms with Crippen molar-refractivity contribution in [1.82, 2.24) is 10.2 Å². The molecule has 3 unspecified atom stereocenters. The highest BCUT2D eigenvalue weighted by molar-refractivity contribution is 4.86. The predicted octanol–water partition coefficient (Wildman–Crippen LogP) is 2.89. The highest BCUT2D eigenvalue weighted by atomic mass is 15.2. The number of rotatable bonds is 5. The number of hydrogen-bond acceptors (Lipinski definition) is 2. The molecular weight excluding hydrogens is 208 g/mol. The third-order valence-corrected chi connectivity index (χ3v) is 5.00. The third kappa shape index (κ3) is 3.23. The number of nitrogens with one attached hydrogen (secondary N) is 1. The first-order chi connectivity index (χ1) is 8.22. The maximum Gasteiger partial charge on any atom is 0.0119 e. The first-order valence-corrected chi connectivity index (χ1v) is 7.63. The average molecular weight is 238 g/mol. The second-order valence-electron chi connectivity index (χ2n) is 6.36. The molecule has 0 aromatic rings. The summed E-state index contributed by atoms with van der Waals surface area (Å²) in [5, 5.41) is 3.50. The molecule has 2 fully saturated rings. The molecule has 1 aliphatic heterocycles. The van der Waals surface area contributed by atoms with Gasteiger partial charge in [0.15, 0.2) is 0 Å². The molecule has 0 amide bonds. The van der Waals surface area contributed by atoms with Gasteiger partial charge in [0, 0.05) is 12.1 Å². The Kier molecular flexibility index (Phi) is 4.87. The van der Waals surface area contributed by atoms with Crippen LogP contribution in [-0.2, 0) is 0 Å². The van der Waals surface area contributed by atoms with Gasteiger partial charge in [0.2, 0.25) is 0 Å². The van der Waals surface area contributed by atoms with Crippen LogP contribution in [0.15, 0.2) is 0 Å². The summed E-state index contributed by atoms with van der Waals surface area (Å²) in [6.07, 6.45) is 8.54. The fourth-order valence-electron chi connectivity index (χ4n) is 3.98. The van der Waals surface area contributed by atoms with Crippen molar-refractivity contribution in [3.05, 3.63) is 0 Å². The van der Waals surface area contributed by atoms with Gasteiger partial charge in [-0.3, -0.25) is 0 Å². The first-order valence-electron chi connectivity index (χ1n) is 7.63. The standard InChI is InChI=1S/C15H30N2/c1-12(2)15-8-5-10-17(15)11-9-13-6-4-7-14(13)16-3/h12-16H,4-11H2,1-3H3. The Hall–Kier alpha value is -0.0800. The fraction of sp³-hybridized carbons (Fsp3) is 1.00. The zero-order chi connectivity index (χ0) is 12.3. The van der Waals surface area contributed by atoms with E-state index in [1.807, 2.05) is 0 Å². The van der Waals surface area contributed by atoms with Crippen molar-refractivity contribution >= 4 is 0 Å². The lowest BCUT2D eigenvalue weighted by Crippen LogP contribution is -2.37. The lowest BCUT2D eigenvalue weighted by molar-refractivity contribution is 0.189. The summed E-state index contributed by atoms with van der Waals surface area (Å²) in [6.45, 7) is 7.45. The molecule has 1 N–H and O–H groups in total. The molecule has 0 bridgehead atoms. The molecule has 0 radical (unpaired) electrons. The Morgan fingerprint density at radius 3 is 2.71 bits per heavy atom. The summed E-state index contributed by atoms with van der Waals surface area (Å²) in [6, 6.07) is 1.67. The molecule has 0 spiro atoms. The van der Waals surface area contributed by atoms with Crippen molar-refractivity contribution in [2.24, 2.45) is 11.8 Å². The Bertz CT molecular complexity index is 227. The van der Waals surface area contributed by atoms with Crippen LogP contribution in [0.3, 0.4) is 0 Å². The highest BCUT2D eigenvalue weighted by Gasteiger charge is 2.30. The molecule has 2 rings (SSSR count). The Morgan fingerprint density at radius 1 is 1.18 bits per heavy atom. The SMILES string of the molecule is CNC1CCCC1CCN1CCCC1C(C)C. The molecule has 1 saturated carbocycles. The van der Waals surface area contributed by atoms with Gasteiger partial charge in [0.25, 0.3) is 0 Å². The first kappa shape index (κ1) is 13.4. The van der Waals surface area contributed by atoms with Gasteiger partial charge in [-0.05, 0) is 64.1 Å². The van der Waals surface area contributed by atoms with Gasteiger partial charge >= 0.3 is 0 Å². The van der Waals surface area contributed by atoms with Gasteiger partial charge in [0.1, 0.15) is 0 Å². The Morgan fingerprint density at radius 2 is 2.00 bits per heavy atom. The smallest absolute Gasteiger partial charge is 0.0119 e. The van der Waals surface area contributed by atoms with Crippen molar-refractivity contribution < 1.29 is 0 Å². The molecular formula is C15H30N2. The molecule has 17 heavy (non-hydrogen) atoms. The summed E-state index contributed by atoms with van der Waals surface area (Å²) in [5.41, 5.74) is 0. The zero-order valence-electron chi connectivity index (χ0n) is 11.9. The Balaban J connectivity index is 1.77. The van der Waals surface area contributed by atoms with Crippen LogP contribution in [0.1, 0.15) is 52.4 Å². The molecule has 0 aromatic carbocycles. The average Bonchev–Trinajstić information content (AvgIpc) is 2.94. The van der Waals surface area contributed by atoms with Gasteiger partial charge in [0.05, 0.1) is 0 Å². The van der Waals surface area contributed by atoms with Gasteiger partial charge < -0.3 is 10.2 Å². The van der Waals surface area contributed by atoms with E-state index >= 15 is 0 Å². The topological polar surface area (TPSA) is 15.3 Å². The molecule has 1 heterocycles. The van der Waals surface area contributed by atoms with Gasteiger partial charge in [-0.25, -0.2) is 0 Å². The maximum absolute atomic E-state index is 3.50. The van der Waals surface area contributed by atoms with E-state index in [4.69, 9.17) is 0 Å². The van der Waals surface area contributed by atoms with Crippen LogP contribution in [0.2, 0.25) is 0 Å². The van der Waals surface area contributed by atoms with Crippen molar-refractivity contribution in [1.29, 1.82) is 0 Å². The fourth-order valence-corrected chi connectivity index (χ4v) is 3.98. The van der Waals surface area contributed by atoms with Crippen molar-refractivity contribution in [3.8, 4) is 0 Å². The van der Waals surface area contributed by atoms with Gasteiger partial charge in [-0.15, -0.1) is 0 Å². The van der Waals surface area contributed by atoms with Crippen molar-refractivity contribution in [2.75, 3.05) is 20.1 Å². The van der Waals surface area contributed by atoms with E-state index in [1.165, 1.54) is 51.6 Å². The second-order valence-corrected chi connectivity index (χ2v) is 6.36. The van der Waals surface area contributed by atoms with Crippen molar-refractivity contribution in [2.45, 2.75) is 64.5 Å². The molecule has 2 aliphatic rings. The predicted molar refractivity (Wildman–Crippen MR) is 74.2 cm³/mol. The normalized spacial score (nSPS) is 34.9. The molecule has 2 nitrogen and oxygen atoms in total. The van der Waals surface area contributed by atoms with E-state index < -0.39 is 0 Å². The van der Waals surface area contributed by atoms with E-state index in [-0.39, 0.29) is 0 Å². The largest absolute Gasteiger partial charge is 0.317 e. The van der Waals surface area contributed by atoms with Gasteiger partial charge in [-0.2, -0.15) is 0 Å². The lowest BCUT2D eigenvalue weighted by atomic mass is 9.98. The van der Waals surface area contributed by atoms with Crippen molar-refractivity contribution in [3.63, 3.8) is 0 Å². The summed E-state index contributed by atoms with van der Waals surface area (Å²) in [4.78, 5) is 2.76. The molecule has 1 saturated heterocycles. The van der Waals surface area contributed by atoms with Gasteiger partial charge in [-0.1, -0.05) is 20.3 Å². The maximum atomic E-state index is 3.50. The summed E-state index contributed by atoms with van der Waals surface area (Å²) in [7, 11) is 2.13. The van der Waals surface area contributed by atoms with Crippen LogP contribution in [0.25, 0.3) is 0 Å². The number of nitrogens with zero attached hydrogens (tertiary/aromatic N) is 1. The zero-order valence-corrected chi connectivity index (χ0v) is 11.9. The van der Waals surface area contributed by atoms with Crippen LogP contribution in [0.5, 0.6) is 0 Å². The molecule has 1 aliphatic carbocycles. The van der Waals surface area contributed by atoms with Crippen LogP contribution in [-0.4, -0.2) is 37.1 Å². The molecule has 100 valence electrons. The monoisotopic (exact) mass is 238 g/mol. The minimum atomic E-state index is 0.801. The van der Waals surface area contributed by atoms with Crippen LogP contribution in [0.4, 0.5) is 0 Å². The van der Waals surface area contributed by atoms with E-state index in [0.717, 1.165) is 23.9 Å². The summed E-state index contributed by atoms with van der Waals surface area (Å²) < 4.78 is 0. The van der Waals surface area contributed by atoms with Crippen LogP contribution >= 0.6 is 0 Å². The quantitative estimate of drug-likeness (QED) is 0.792. The number of likely N-dealkylation sites (tertiary alicyclic amines) is 1. The van der Waals surface area contributed by atoms with Crippen LogP contribution in [0, 0.1) is 11.8 Å². The highest BCUT2D eigenvalue weighted by Crippen LogP contribution is 2.30. The molecule has 0 aromatic heterocycles. The minimum Gasteiger partial charge on any atom is -0.317 e. The summed E-state index contributed by atoms with van der Waals surface area (Å²) >= 11 is 0.